The Kier molecular flexibility index (Phi) is 7.48. The second-order valence-corrected chi connectivity index (χ2v) is 5.58. The monoisotopic (exact) mass is 286 g/mol. The van der Waals surface area contributed by atoms with Gasteiger partial charge in [0.1, 0.15) is 5.54 Å². The van der Waals surface area contributed by atoms with Gasteiger partial charge in [0.05, 0.1) is 12.7 Å². The Balaban J connectivity index is 2.43. The first kappa shape index (κ1) is 17.4. The summed E-state index contributed by atoms with van der Waals surface area (Å²) in [7, 11) is 0. The highest BCUT2D eigenvalue weighted by Crippen LogP contribution is 2.37. The van der Waals surface area contributed by atoms with Crippen LogP contribution >= 0.6 is 0 Å². The Morgan fingerprint density at radius 1 is 1.50 bits per heavy atom. The van der Waals surface area contributed by atoms with Gasteiger partial charge in [-0.15, -0.1) is 0 Å². The molecule has 118 valence electrons. The molecule has 1 aliphatic carbocycles. The van der Waals surface area contributed by atoms with Gasteiger partial charge in [0.25, 0.3) is 0 Å². The van der Waals surface area contributed by atoms with E-state index in [1.54, 1.807) is 0 Å². The molecule has 0 aliphatic heterocycles. The molecule has 5 heteroatoms. The normalized spacial score (nSPS) is 27.6. The molecule has 0 spiro atoms. The van der Waals surface area contributed by atoms with E-state index in [1.807, 2.05) is 20.8 Å². The molecule has 3 N–H and O–H groups in total. The third-order valence-corrected chi connectivity index (χ3v) is 4.18. The predicted octanol–water partition coefficient (Wildman–Crippen LogP) is 1.45. The lowest BCUT2D eigenvalue weighted by molar-refractivity contribution is -0.126. The van der Waals surface area contributed by atoms with Crippen molar-refractivity contribution in [2.75, 3.05) is 26.4 Å². The molecule has 0 aromatic carbocycles. The van der Waals surface area contributed by atoms with Gasteiger partial charge in [-0.1, -0.05) is 13.3 Å². The summed E-state index contributed by atoms with van der Waals surface area (Å²) in [6.07, 6.45) is 3.90. The molecular formula is C15H30N2O3. The molecule has 1 amide bonds. The van der Waals surface area contributed by atoms with Crippen LogP contribution in [0, 0.1) is 5.92 Å². The zero-order valence-electron chi connectivity index (χ0n) is 13.1. The minimum atomic E-state index is -0.527. The number of ether oxygens (including phenoxy) is 2. The van der Waals surface area contributed by atoms with Crippen LogP contribution < -0.4 is 11.1 Å². The lowest BCUT2D eigenvalue weighted by Crippen LogP contribution is -2.58. The summed E-state index contributed by atoms with van der Waals surface area (Å²) in [4.78, 5) is 11.9. The van der Waals surface area contributed by atoms with Gasteiger partial charge in [-0.25, -0.2) is 0 Å². The molecule has 0 aromatic rings. The van der Waals surface area contributed by atoms with Crippen molar-refractivity contribution in [1.82, 2.24) is 5.32 Å². The number of hydrogen-bond donors (Lipinski definition) is 2. The molecule has 3 unspecified atom stereocenters. The average molecular weight is 286 g/mol. The minimum Gasteiger partial charge on any atom is -0.379 e. The smallest absolute Gasteiger partial charge is 0.238 e. The summed E-state index contributed by atoms with van der Waals surface area (Å²) in [5.41, 5.74) is 5.12. The zero-order valence-corrected chi connectivity index (χ0v) is 13.1. The standard InChI is InChI=1S/C15H30N2O3/c1-4-17-15(14(16)18)9-6-7-13(15)8-10-20-12(3)11-19-5-2/h12-13,17H,4-11H2,1-3H3,(H2,16,18). The largest absolute Gasteiger partial charge is 0.379 e. The van der Waals surface area contributed by atoms with Crippen LogP contribution in [0.2, 0.25) is 0 Å². The first-order valence-corrected chi connectivity index (χ1v) is 7.81. The lowest BCUT2D eigenvalue weighted by Gasteiger charge is -2.33. The topological polar surface area (TPSA) is 73.6 Å². The third-order valence-electron chi connectivity index (χ3n) is 4.18. The van der Waals surface area contributed by atoms with Gasteiger partial charge in [-0.2, -0.15) is 0 Å². The van der Waals surface area contributed by atoms with Crippen molar-refractivity contribution in [3.05, 3.63) is 0 Å². The Morgan fingerprint density at radius 3 is 2.85 bits per heavy atom. The molecule has 0 radical (unpaired) electrons. The molecule has 1 fully saturated rings. The van der Waals surface area contributed by atoms with E-state index in [1.165, 1.54) is 0 Å². The van der Waals surface area contributed by atoms with E-state index in [4.69, 9.17) is 15.2 Å². The fraction of sp³-hybridized carbons (Fsp3) is 0.933. The highest BCUT2D eigenvalue weighted by molar-refractivity contribution is 5.85. The maximum atomic E-state index is 11.9. The Labute approximate surface area is 122 Å². The molecule has 0 bridgehead atoms. The molecule has 0 aromatic heterocycles. The van der Waals surface area contributed by atoms with E-state index in [0.29, 0.717) is 19.8 Å². The number of nitrogens with one attached hydrogen (secondary N) is 1. The minimum absolute atomic E-state index is 0.0958. The van der Waals surface area contributed by atoms with Gasteiger partial charge >= 0.3 is 0 Å². The fourth-order valence-electron chi connectivity index (χ4n) is 3.17. The van der Waals surface area contributed by atoms with Crippen molar-refractivity contribution in [3.8, 4) is 0 Å². The molecule has 0 saturated heterocycles. The van der Waals surface area contributed by atoms with Crippen LogP contribution in [0.3, 0.4) is 0 Å². The molecule has 1 rings (SSSR count). The van der Waals surface area contributed by atoms with E-state index < -0.39 is 5.54 Å². The van der Waals surface area contributed by atoms with Gasteiger partial charge in [0, 0.05) is 13.2 Å². The van der Waals surface area contributed by atoms with Gasteiger partial charge in [0.2, 0.25) is 5.91 Å². The summed E-state index contributed by atoms with van der Waals surface area (Å²) in [6, 6.07) is 0. The summed E-state index contributed by atoms with van der Waals surface area (Å²) in [5, 5.41) is 3.33. The number of amides is 1. The van der Waals surface area contributed by atoms with Crippen LogP contribution in [0.1, 0.15) is 46.5 Å². The number of likely N-dealkylation sites (N-methyl/N-ethyl adjacent to an activating group) is 1. The molecule has 0 heterocycles. The van der Waals surface area contributed by atoms with E-state index >= 15 is 0 Å². The maximum Gasteiger partial charge on any atom is 0.238 e. The molecule has 3 atom stereocenters. The van der Waals surface area contributed by atoms with Crippen LogP contribution in [0.5, 0.6) is 0 Å². The van der Waals surface area contributed by atoms with Crippen molar-refractivity contribution >= 4 is 5.91 Å². The van der Waals surface area contributed by atoms with Crippen molar-refractivity contribution in [2.24, 2.45) is 11.7 Å². The Bertz CT molecular complexity index is 299. The second kappa shape index (κ2) is 8.60. The van der Waals surface area contributed by atoms with E-state index in [2.05, 4.69) is 5.32 Å². The highest BCUT2D eigenvalue weighted by atomic mass is 16.5. The van der Waals surface area contributed by atoms with Crippen molar-refractivity contribution in [1.29, 1.82) is 0 Å². The number of primary amides is 1. The summed E-state index contributed by atoms with van der Waals surface area (Å²) in [5.74, 6) is 0.0588. The molecule has 1 saturated carbocycles. The molecule has 5 nitrogen and oxygen atoms in total. The highest BCUT2D eigenvalue weighted by Gasteiger charge is 2.46. The Hall–Kier alpha value is -0.650. The Morgan fingerprint density at radius 2 is 2.25 bits per heavy atom. The quantitative estimate of drug-likeness (QED) is 0.637. The first-order valence-electron chi connectivity index (χ1n) is 7.81. The average Bonchev–Trinajstić information content (AvgIpc) is 2.81. The number of carbonyl (C=O) groups excluding carboxylic acids is 1. The van der Waals surface area contributed by atoms with E-state index in [-0.39, 0.29) is 17.9 Å². The third kappa shape index (κ3) is 4.43. The predicted molar refractivity (Wildman–Crippen MR) is 79.5 cm³/mol. The van der Waals surface area contributed by atoms with E-state index in [9.17, 15) is 4.79 Å². The summed E-state index contributed by atoms with van der Waals surface area (Å²) < 4.78 is 11.1. The first-order chi connectivity index (χ1) is 9.56. The van der Waals surface area contributed by atoms with Crippen LogP contribution in [0.25, 0.3) is 0 Å². The SMILES string of the molecule is CCNC1(C(N)=O)CCCC1CCOC(C)COCC. The number of carbonyl (C=O) groups is 1. The summed E-state index contributed by atoms with van der Waals surface area (Å²) in [6.45, 7) is 8.75. The number of hydrogen-bond acceptors (Lipinski definition) is 4. The molecule has 1 aliphatic rings. The van der Waals surface area contributed by atoms with Gasteiger partial charge < -0.3 is 20.5 Å². The van der Waals surface area contributed by atoms with Crippen LogP contribution in [-0.2, 0) is 14.3 Å². The van der Waals surface area contributed by atoms with Crippen LogP contribution in [-0.4, -0.2) is 43.9 Å². The maximum absolute atomic E-state index is 11.9. The lowest BCUT2D eigenvalue weighted by atomic mass is 9.84. The van der Waals surface area contributed by atoms with Gasteiger partial charge in [-0.3, -0.25) is 4.79 Å². The summed E-state index contributed by atoms with van der Waals surface area (Å²) >= 11 is 0. The van der Waals surface area contributed by atoms with Crippen LogP contribution in [0.15, 0.2) is 0 Å². The number of rotatable bonds is 10. The van der Waals surface area contributed by atoms with Crippen molar-refractivity contribution < 1.29 is 14.3 Å². The number of nitrogens with two attached hydrogens (primary N) is 1. The zero-order chi connectivity index (χ0) is 15.0. The second-order valence-electron chi connectivity index (χ2n) is 5.58. The van der Waals surface area contributed by atoms with Crippen LogP contribution in [0.4, 0.5) is 0 Å². The van der Waals surface area contributed by atoms with Crippen molar-refractivity contribution in [2.45, 2.75) is 58.1 Å². The van der Waals surface area contributed by atoms with Gasteiger partial charge in [0.15, 0.2) is 0 Å². The van der Waals surface area contributed by atoms with Gasteiger partial charge in [-0.05, 0) is 45.6 Å². The molecule has 20 heavy (non-hydrogen) atoms. The molecular weight excluding hydrogens is 256 g/mol. The van der Waals surface area contributed by atoms with E-state index in [0.717, 1.165) is 32.2 Å². The fourth-order valence-corrected chi connectivity index (χ4v) is 3.17. The van der Waals surface area contributed by atoms with Crippen molar-refractivity contribution in [3.63, 3.8) is 0 Å².